The van der Waals surface area contributed by atoms with Crippen molar-refractivity contribution >= 4 is 26.0 Å². The maximum atomic E-state index is 12.2. The van der Waals surface area contributed by atoms with Crippen LogP contribution in [-0.4, -0.2) is 35.1 Å². The van der Waals surface area contributed by atoms with E-state index in [0.717, 1.165) is 12.8 Å². The topological polar surface area (TPSA) is 126 Å². The molecule has 2 heterocycles. The summed E-state index contributed by atoms with van der Waals surface area (Å²) in [7, 11) is -3.71. The van der Waals surface area contributed by atoms with Gasteiger partial charge in [-0.15, -0.1) is 10.2 Å². The molecule has 0 saturated heterocycles. The second-order valence-corrected chi connectivity index (χ2v) is 7.11. The van der Waals surface area contributed by atoms with E-state index >= 15 is 0 Å². The van der Waals surface area contributed by atoms with Gasteiger partial charge in [-0.25, -0.2) is 13.1 Å². The largest absolute Gasteiger partial charge is 0.452 e. The van der Waals surface area contributed by atoms with E-state index in [0.29, 0.717) is 18.3 Å². The second-order valence-electron chi connectivity index (χ2n) is 4.66. The zero-order valence-corrected chi connectivity index (χ0v) is 13.2. The number of hydrogen-bond acceptors (Lipinski definition) is 7. The minimum Gasteiger partial charge on any atom is -0.452 e. The molecular formula is C10H13BrN6O3S. The van der Waals surface area contributed by atoms with Gasteiger partial charge in [-0.05, 0) is 28.8 Å². The summed E-state index contributed by atoms with van der Waals surface area (Å²) in [6.45, 7) is 0.454. The fourth-order valence-electron chi connectivity index (χ4n) is 1.70. The van der Waals surface area contributed by atoms with Crippen LogP contribution in [0.3, 0.4) is 0 Å². The summed E-state index contributed by atoms with van der Waals surface area (Å²) in [6.07, 6.45) is 2.30. The van der Waals surface area contributed by atoms with Gasteiger partial charge in [-0.1, -0.05) is 5.21 Å². The molecule has 114 valence electrons. The van der Waals surface area contributed by atoms with Crippen LogP contribution in [0.4, 0.5) is 0 Å². The Hall–Kier alpha value is -1.30. The molecule has 0 bridgehead atoms. The third-order valence-corrected chi connectivity index (χ3v) is 5.21. The summed E-state index contributed by atoms with van der Waals surface area (Å²) in [4.78, 5) is 0.0543. The molecule has 3 N–H and O–H groups in total. The molecule has 11 heteroatoms. The lowest BCUT2D eigenvalue weighted by Gasteiger charge is -2.01. The Morgan fingerprint density at radius 2 is 2.24 bits per heavy atom. The van der Waals surface area contributed by atoms with Crippen molar-refractivity contribution in [2.75, 3.05) is 0 Å². The minimum atomic E-state index is -3.71. The summed E-state index contributed by atoms with van der Waals surface area (Å²) in [6, 6.07) is 2.02. The zero-order chi connectivity index (χ0) is 14.9. The van der Waals surface area contributed by atoms with Crippen LogP contribution in [0, 0.1) is 0 Å². The van der Waals surface area contributed by atoms with Crippen molar-refractivity contribution < 1.29 is 12.8 Å². The number of rotatable bonds is 7. The van der Waals surface area contributed by atoms with Crippen LogP contribution in [-0.2, 0) is 23.1 Å². The van der Waals surface area contributed by atoms with Crippen molar-refractivity contribution in [3.63, 3.8) is 0 Å². The predicted octanol–water partition coefficient (Wildman–Crippen LogP) is 0.286. The molecule has 21 heavy (non-hydrogen) atoms. The van der Waals surface area contributed by atoms with Crippen LogP contribution in [0.15, 0.2) is 20.0 Å². The molecule has 1 aliphatic rings. The molecular weight excluding hydrogens is 364 g/mol. The highest BCUT2D eigenvalue weighted by Crippen LogP contribution is 2.27. The molecule has 0 atom stereocenters. The van der Waals surface area contributed by atoms with Gasteiger partial charge in [0.15, 0.2) is 10.5 Å². The van der Waals surface area contributed by atoms with Crippen LogP contribution in [0.2, 0.25) is 0 Å². The Kier molecular flexibility index (Phi) is 4.06. The number of nitrogens with zero attached hydrogens (tertiary/aromatic N) is 3. The summed E-state index contributed by atoms with van der Waals surface area (Å²) >= 11 is 3.13. The highest BCUT2D eigenvalue weighted by molar-refractivity contribution is 9.10. The Balaban J connectivity index is 1.68. The molecule has 1 fully saturated rings. The monoisotopic (exact) mass is 376 g/mol. The molecule has 3 rings (SSSR count). The second kappa shape index (κ2) is 5.83. The first-order chi connectivity index (χ1) is 10.0. The summed E-state index contributed by atoms with van der Waals surface area (Å²) < 4.78 is 32.4. The van der Waals surface area contributed by atoms with Crippen molar-refractivity contribution in [2.45, 2.75) is 36.9 Å². The number of furan rings is 1. The molecule has 0 aliphatic heterocycles. The van der Waals surface area contributed by atoms with Crippen molar-refractivity contribution in [2.24, 2.45) is 0 Å². The van der Waals surface area contributed by atoms with Crippen molar-refractivity contribution in [1.29, 1.82) is 0 Å². The van der Waals surface area contributed by atoms with Gasteiger partial charge in [0.25, 0.3) is 0 Å². The molecule has 2 aromatic heterocycles. The normalized spacial score (nSPS) is 15.5. The van der Waals surface area contributed by atoms with Gasteiger partial charge in [0.1, 0.15) is 10.7 Å². The zero-order valence-electron chi connectivity index (χ0n) is 10.8. The van der Waals surface area contributed by atoms with Crippen LogP contribution >= 0.6 is 15.9 Å². The van der Waals surface area contributed by atoms with E-state index in [1.807, 2.05) is 0 Å². The molecule has 0 amide bonds. The Morgan fingerprint density at radius 3 is 2.90 bits per heavy atom. The molecule has 1 saturated carbocycles. The minimum absolute atomic E-state index is 0.0495. The molecule has 0 unspecified atom stereocenters. The average molecular weight is 377 g/mol. The highest BCUT2D eigenvalue weighted by Gasteiger charge is 2.24. The fourth-order valence-corrected chi connectivity index (χ4v) is 3.67. The first-order valence-corrected chi connectivity index (χ1v) is 8.56. The van der Waals surface area contributed by atoms with E-state index in [4.69, 9.17) is 4.42 Å². The number of nitrogens with one attached hydrogen (secondary N) is 3. The van der Waals surface area contributed by atoms with Crippen molar-refractivity contribution in [3.05, 3.63) is 22.3 Å². The van der Waals surface area contributed by atoms with Crippen LogP contribution in [0.1, 0.15) is 24.4 Å². The van der Waals surface area contributed by atoms with E-state index in [1.54, 1.807) is 0 Å². The molecule has 0 radical (unpaired) electrons. The summed E-state index contributed by atoms with van der Waals surface area (Å²) in [5.74, 6) is 0.822. The lowest BCUT2D eigenvalue weighted by atomic mass is 10.4. The van der Waals surface area contributed by atoms with E-state index in [-0.39, 0.29) is 21.9 Å². The van der Waals surface area contributed by atoms with E-state index in [9.17, 15) is 8.42 Å². The Morgan fingerprint density at radius 1 is 1.43 bits per heavy atom. The van der Waals surface area contributed by atoms with Gasteiger partial charge in [-0.2, -0.15) is 5.21 Å². The number of hydrogen-bond donors (Lipinski definition) is 3. The lowest BCUT2D eigenvalue weighted by molar-refractivity contribution is 0.460. The van der Waals surface area contributed by atoms with Gasteiger partial charge < -0.3 is 9.73 Å². The predicted molar refractivity (Wildman–Crippen MR) is 74.5 cm³/mol. The van der Waals surface area contributed by atoms with Crippen LogP contribution < -0.4 is 10.0 Å². The van der Waals surface area contributed by atoms with Gasteiger partial charge >= 0.3 is 0 Å². The van der Waals surface area contributed by atoms with E-state index in [2.05, 4.69) is 46.6 Å². The van der Waals surface area contributed by atoms with Crippen LogP contribution in [0.5, 0.6) is 0 Å². The highest BCUT2D eigenvalue weighted by atomic mass is 79.9. The Labute approximate surface area is 129 Å². The third kappa shape index (κ3) is 3.67. The number of aromatic nitrogens is 4. The summed E-state index contributed by atoms with van der Waals surface area (Å²) in [5, 5.41) is 16.2. The van der Waals surface area contributed by atoms with E-state index < -0.39 is 10.0 Å². The summed E-state index contributed by atoms with van der Waals surface area (Å²) in [5.41, 5.74) is 0. The number of sulfonamides is 1. The maximum absolute atomic E-state index is 12.2. The first kappa shape index (κ1) is 14.6. The molecule has 1 aliphatic carbocycles. The fraction of sp³-hybridized carbons (Fsp3) is 0.500. The quantitative estimate of drug-likeness (QED) is 0.633. The average Bonchev–Trinajstić information content (AvgIpc) is 2.97. The van der Waals surface area contributed by atoms with Gasteiger partial charge in [0, 0.05) is 12.1 Å². The van der Waals surface area contributed by atoms with Gasteiger partial charge in [0.05, 0.1) is 13.1 Å². The maximum Gasteiger partial charge on any atom is 0.245 e. The molecule has 2 aromatic rings. The first-order valence-electron chi connectivity index (χ1n) is 6.28. The standard InChI is InChI=1S/C10H13BrN6O3S/c11-10-8(3-7(20-10)4-12-6-1-2-6)21(18,19)13-5-9-14-16-17-15-9/h3,6,12-13H,1-2,4-5H2,(H,14,15,16,17). The van der Waals surface area contributed by atoms with Gasteiger partial charge in [-0.3, -0.25) is 0 Å². The number of halogens is 1. The van der Waals surface area contributed by atoms with Crippen LogP contribution in [0.25, 0.3) is 0 Å². The molecule has 9 nitrogen and oxygen atoms in total. The van der Waals surface area contributed by atoms with Crippen molar-refractivity contribution in [1.82, 2.24) is 30.7 Å². The number of aromatic amines is 1. The Bertz CT molecular complexity index is 709. The van der Waals surface area contributed by atoms with E-state index in [1.165, 1.54) is 6.07 Å². The SMILES string of the molecule is O=S(=O)(NCc1nn[nH]n1)c1cc(CNC2CC2)oc1Br. The third-order valence-electron chi connectivity index (χ3n) is 2.95. The lowest BCUT2D eigenvalue weighted by Crippen LogP contribution is -2.23. The number of tetrazole rings is 1. The smallest absolute Gasteiger partial charge is 0.245 e. The van der Waals surface area contributed by atoms with Gasteiger partial charge in [0.2, 0.25) is 10.0 Å². The number of H-pyrrole nitrogens is 1. The molecule has 0 aromatic carbocycles. The molecule has 0 spiro atoms. The van der Waals surface area contributed by atoms with Crippen molar-refractivity contribution in [3.8, 4) is 0 Å².